The number of nitrogens with two attached hydrogens (primary N) is 1. The van der Waals surface area contributed by atoms with Crippen molar-refractivity contribution in [3.05, 3.63) is 48.0 Å². The van der Waals surface area contributed by atoms with Gasteiger partial charge < -0.3 is 20.5 Å². The van der Waals surface area contributed by atoms with E-state index in [2.05, 4.69) is 0 Å². The van der Waals surface area contributed by atoms with Crippen LogP contribution in [0.3, 0.4) is 0 Å². The molecular formula is C15H18N2O2. The van der Waals surface area contributed by atoms with Crippen LogP contribution in [0.5, 0.6) is 11.5 Å². The Labute approximate surface area is 113 Å². The minimum atomic E-state index is 0.258. The summed E-state index contributed by atoms with van der Waals surface area (Å²) < 4.78 is 5.33. The maximum atomic E-state index is 9.50. The highest BCUT2D eigenvalue weighted by Gasteiger charge is 2.08. The second kappa shape index (κ2) is 5.52. The molecule has 0 aliphatic carbocycles. The van der Waals surface area contributed by atoms with E-state index in [0.29, 0.717) is 12.2 Å². The van der Waals surface area contributed by atoms with E-state index in [1.165, 1.54) is 0 Å². The monoisotopic (exact) mass is 258 g/mol. The van der Waals surface area contributed by atoms with Crippen LogP contribution in [0.2, 0.25) is 0 Å². The highest BCUT2D eigenvalue weighted by molar-refractivity contribution is 5.53. The number of nitrogen functional groups attached to an aromatic ring is 1. The third-order valence-electron chi connectivity index (χ3n) is 2.99. The van der Waals surface area contributed by atoms with Crippen LogP contribution in [0.1, 0.15) is 5.56 Å². The zero-order valence-electron chi connectivity index (χ0n) is 11.1. The molecule has 0 aromatic heterocycles. The minimum Gasteiger partial charge on any atom is -0.508 e. The Balaban J connectivity index is 2.21. The predicted octanol–water partition coefficient (Wildman–Crippen LogP) is 2.62. The molecule has 0 fully saturated rings. The van der Waals surface area contributed by atoms with Crippen molar-refractivity contribution in [3.63, 3.8) is 0 Å². The van der Waals surface area contributed by atoms with Crippen molar-refractivity contribution in [3.8, 4) is 11.5 Å². The second-order valence-corrected chi connectivity index (χ2v) is 4.45. The lowest BCUT2D eigenvalue weighted by Crippen LogP contribution is -2.16. The molecule has 3 N–H and O–H groups in total. The minimum absolute atomic E-state index is 0.258. The lowest BCUT2D eigenvalue weighted by atomic mass is 10.1. The molecule has 2 rings (SSSR count). The van der Waals surface area contributed by atoms with Crippen LogP contribution in [0, 0.1) is 0 Å². The number of nitrogens with zero attached hydrogens (tertiary/aromatic N) is 1. The van der Waals surface area contributed by atoms with Crippen LogP contribution in [0.4, 0.5) is 11.4 Å². The zero-order chi connectivity index (χ0) is 13.8. The lowest BCUT2D eigenvalue weighted by molar-refractivity contribution is 0.410. The summed E-state index contributed by atoms with van der Waals surface area (Å²) >= 11 is 0. The van der Waals surface area contributed by atoms with Gasteiger partial charge in [0.15, 0.2) is 0 Å². The van der Waals surface area contributed by atoms with Gasteiger partial charge in [0.25, 0.3) is 0 Å². The summed E-state index contributed by atoms with van der Waals surface area (Å²) in [6.07, 6.45) is 0. The van der Waals surface area contributed by atoms with Crippen LogP contribution in [-0.2, 0) is 6.54 Å². The maximum absolute atomic E-state index is 9.50. The Morgan fingerprint density at radius 1 is 1.21 bits per heavy atom. The molecule has 0 heterocycles. The van der Waals surface area contributed by atoms with Crippen molar-refractivity contribution in [2.45, 2.75) is 6.54 Å². The van der Waals surface area contributed by atoms with Crippen molar-refractivity contribution in [2.24, 2.45) is 0 Å². The van der Waals surface area contributed by atoms with E-state index in [0.717, 1.165) is 17.0 Å². The van der Waals surface area contributed by atoms with E-state index in [9.17, 15) is 5.11 Å². The number of hydrogen-bond acceptors (Lipinski definition) is 4. The SMILES string of the molecule is COc1cc(N)ccc1CN(C)c1cccc(O)c1. The quantitative estimate of drug-likeness (QED) is 0.828. The number of aromatic hydroxyl groups is 1. The Hall–Kier alpha value is -2.36. The van der Waals surface area contributed by atoms with Crippen molar-refractivity contribution in [2.75, 3.05) is 24.8 Å². The molecule has 0 amide bonds. The van der Waals surface area contributed by atoms with E-state index in [4.69, 9.17) is 10.5 Å². The molecule has 4 nitrogen and oxygen atoms in total. The number of rotatable bonds is 4. The molecule has 2 aromatic rings. The highest BCUT2D eigenvalue weighted by atomic mass is 16.5. The molecule has 0 aliphatic heterocycles. The zero-order valence-corrected chi connectivity index (χ0v) is 11.1. The third kappa shape index (κ3) is 3.10. The molecule has 0 saturated heterocycles. The van der Waals surface area contributed by atoms with Gasteiger partial charge in [-0.05, 0) is 18.2 Å². The van der Waals surface area contributed by atoms with Gasteiger partial charge in [0.2, 0.25) is 0 Å². The summed E-state index contributed by atoms with van der Waals surface area (Å²) in [6.45, 7) is 0.674. The summed E-state index contributed by atoms with van der Waals surface area (Å²) in [4.78, 5) is 2.04. The molecule has 0 bridgehead atoms. The van der Waals surface area contributed by atoms with Crippen LogP contribution in [0.15, 0.2) is 42.5 Å². The van der Waals surface area contributed by atoms with E-state index in [-0.39, 0.29) is 5.75 Å². The van der Waals surface area contributed by atoms with E-state index < -0.39 is 0 Å². The van der Waals surface area contributed by atoms with Crippen molar-refractivity contribution < 1.29 is 9.84 Å². The van der Waals surface area contributed by atoms with Crippen molar-refractivity contribution in [1.29, 1.82) is 0 Å². The number of anilines is 2. The van der Waals surface area contributed by atoms with E-state index in [1.54, 1.807) is 19.2 Å². The molecule has 2 aromatic carbocycles. The summed E-state index contributed by atoms with van der Waals surface area (Å²) in [5.41, 5.74) is 8.41. The molecule has 0 unspecified atom stereocenters. The Morgan fingerprint density at radius 3 is 2.68 bits per heavy atom. The number of benzene rings is 2. The first-order valence-electron chi connectivity index (χ1n) is 6.02. The second-order valence-electron chi connectivity index (χ2n) is 4.45. The van der Waals surface area contributed by atoms with Crippen LogP contribution < -0.4 is 15.4 Å². The third-order valence-corrected chi connectivity index (χ3v) is 2.99. The number of hydrogen-bond donors (Lipinski definition) is 2. The summed E-state index contributed by atoms with van der Waals surface area (Å²) in [7, 11) is 3.59. The number of phenolic OH excluding ortho intramolecular Hbond substituents is 1. The fraction of sp³-hybridized carbons (Fsp3) is 0.200. The number of ether oxygens (including phenoxy) is 1. The van der Waals surface area contributed by atoms with Gasteiger partial charge >= 0.3 is 0 Å². The fourth-order valence-corrected chi connectivity index (χ4v) is 1.97. The average molecular weight is 258 g/mol. The van der Waals surface area contributed by atoms with Crippen LogP contribution in [-0.4, -0.2) is 19.3 Å². The van der Waals surface area contributed by atoms with Crippen LogP contribution in [0.25, 0.3) is 0 Å². The molecular weight excluding hydrogens is 240 g/mol. The van der Waals surface area contributed by atoms with E-state index in [1.807, 2.05) is 42.3 Å². The van der Waals surface area contributed by atoms with Gasteiger partial charge in [-0.3, -0.25) is 0 Å². The molecule has 0 spiro atoms. The first kappa shape index (κ1) is 13.1. The van der Waals surface area contributed by atoms with Gasteiger partial charge in [0.05, 0.1) is 7.11 Å². The standard InChI is InChI=1S/C15H18N2O2/c1-17(13-4-3-5-14(18)9-13)10-11-6-7-12(16)8-15(11)19-2/h3-9,18H,10,16H2,1-2H3. The van der Waals surface area contributed by atoms with Gasteiger partial charge in [-0.1, -0.05) is 12.1 Å². The number of methoxy groups -OCH3 is 1. The molecule has 100 valence electrons. The molecule has 0 saturated carbocycles. The average Bonchev–Trinajstić information content (AvgIpc) is 2.40. The van der Waals surface area contributed by atoms with Gasteiger partial charge in [-0.2, -0.15) is 0 Å². The lowest BCUT2D eigenvalue weighted by Gasteiger charge is -2.21. The molecule has 0 atom stereocenters. The normalized spacial score (nSPS) is 10.2. The molecule has 19 heavy (non-hydrogen) atoms. The Bertz CT molecular complexity index is 570. The Kier molecular flexibility index (Phi) is 3.80. The predicted molar refractivity (Wildman–Crippen MR) is 77.6 cm³/mol. The molecule has 0 radical (unpaired) electrons. The highest BCUT2D eigenvalue weighted by Crippen LogP contribution is 2.26. The summed E-state index contributed by atoms with van der Waals surface area (Å²) in [6, 6.07) is 12.8. The first-order chi connectivity index (χ1) is 9.10. The summed E-state index contributed by atoms with van der Waals surface area (Å²) in [5.74, 6) is 1.03. The molecule has 0 aliphatic rings. The maximum Gasteiger partial charge on any atom is 0.125 e. The van der Waals surface area contributed by atoms with E-state index >= 15 is 0 Å². The van der Waals surface area contributed by atoms with Crippen molar-refractivity contribution >= 4 is 11.4 Å². The van der Waals surface area contributed by atoms with Gasteiger partial charge in [0.1, 0.15) is 11.5 Å². The number of phenols is 1. The smallest absolute Gasteiger partial charge is 0.125 e. The fourth-order valence-electron chi connectivity index (χ4n) is 1.97. The molecule has 4 heteroatoms. The van der Waals surface area contributed by atoms with Gasteiger partial charge in [0, 0.05) is 42.7 Å². The summed E-state index contributed by atoms with van der Waals surface area (Å²) in [5, 5.41) is 9.50. The van der Waals surface area contributed by atoms with Crippen molar-refractivity contribution in [1.82, 2.24) is 0 Å². The Morgan fingerprint density at radius 2 is 2.00 bits per heavy atom. The largest absolute Gasteiger partial charge is 0.508 e. The van der Waals surface area contributed by atoms with Crippen LogP contribution >= 0.6 is 0 Å². The first-order valence-corrected chi connectivity index (χ1v) is 6.02. The van der Waals surface area contributed by atoms with Gasteiger partial charge in [-0.15, -0.1) is 0 Å². The topological polar surface area (TPSA) is 58.7 Å². The van der Waals surface area contributed by atoms with Gasteiger partial charge in [-0.25, -0.2) is 0 Å².